The monoisotopic (exact) mass is 281 g/mol. The van der Waals surface area contributed by atoms with Crippen LogP contribution < -0.4 is 16.0 Å². The van der Waals surface area contributed by atoms with Crippen molar-refractivity contribution in [2.24, 2.45) is 0 Å². The molecular weight excluding hydrogens is 262 g/mol. The first-order chi connectivity index (χ1) is 9.15. The van der Waals surface area contributed by atoms with Crippen molar-refractivity contribution >= 4 is 29.4 Å². The average molecular weight is 281 g/mol. The van der Waals surface area contributed by atoms with Crippen LogP contribution in [0.1, 0.15) is 13.3 Å². The van der Waals surface area contributed by atoms with Crippen molar-refractivity contribution in [2.45, 2.75) is 18.2 Å². The van der Waals surface area contributed by atoms with Crippen LogP contribution in [0, 0.1) is 0 Å². The van der Waals surface area contributed by atoms with Crippen LogP contribution in [-0.2, 0) is 4.79 Å². The summed E-state index contributed by atoms with van der Waals surface area (Å²) in [6.07, 6.45) is 2.84. The smallest absolute Gasteiger partial charge is 0.319 e. The van der Waals surface area contributed by atoms with Crippen LogP contribution in [0.3, 0.4) is 0 Å². The van der Waals surface area contributed by atoms with E-state index in [9.17, 15) is 9.59 Å². The third kappa shape index (κ3) is 6.15. The number of hydrogen-bond acceptors (Lipinski definition) is 3. The highest BCUT2D eigenvalue weighted by molar-refractivity contribution is 7.98. The number of amides is 3. The summed E-state index contributed by atoms with van der Waals surface area (Å²) in [5, 5.41) is 7.88. The zero-order chi connectivity index (χ0) is 14.1. The van der Waals surface area contributed by atoms with Crippen molar-refractivity contribution in [3.05, 3.63) is 24.3 Å². The van der Waals surface area contributed by atoms with Gasteiger partial charge in [0.2, 0.25) is 5.91 Å². The lowest BCUT2D eigenvalue weighted by Crippen LogP contribution is -2.39. The molecule has 3 N–H and O–H groups in total. The second-order valence-corrected chi connectivity index (χ2v) is 4.77. The Hall–Kier alpha value is -1.69. The Morgan fingerprint density at radius 3 is 2.74 bits per heavy atom. The van der Waals surface area contributed by atoms with Gasteiger partial charge in [0, 0.05) is 17.1 Å². The Labute approximate surface area is 117 Å². The molecule has 0 radical (unpaired) electrons. The molecule has 0 atom stereocenters. The summed E-state index contributed by atoms with van der Waals surface area (Å²) in [5.74, 6) is -0.185. The van der Waals surface area contributed by atoms with E-state index in [1.807, 2.05) is 31.4 Å². The first-order valence-electron chi connectivity index (χ1n) is 6.11. The predicted octanol–water partition coefficient (Wildman–Crippen LogP) is 2.06. The third-order valence-electron chi connectivity index (χ3n) is 2.31. The molecule has 0 aliphatic heterocycles. The fraction of sp³-hybridized carbons (Fsp3) is 0.385. The second-order valence-electron chi connectivity index (χ2n) is 3.89. The van der Waals surface area contributed by atoms with Crippen LogP contribution in [-0.4, -0.2) is 31.3 Å². The van der Waals surface area contributed by atoms with Gasteiger partial charge in [-0.15, -0.1) is 11.8 Å². The summed E-state index contributed by atoms with van der Waals surface area (Å²) >= 11 is 1.60. The number of hydrogen-bond donors (Lipinski definition) is 3. The largest absolute Gasteiger partial charge is 0.355 e. The summed E-state index contributed by atoms with van der Waals surface area (Å²) < 4.78 is 0. The van der Waals surface area contributed by atoms with E-state index in [1.165, 1.54) is 0 Å². The molecule has 6 heteroatoms. The Morgan fingerprint density at radius 2 is 2.05 bits per heavy atom. The molecule has 0 aliphatic rings. The number of anilines is 1. The number of thioether (sulfide) groups is 1. The highest BCUT2D eigenvalue weighted by Gasteiger charge is 2.05. The number of carbonyl (C=O) groups is 2. The number of urea groups is 1. The van der Waals surface area contributed by atoms with Gasteiger partial charge in [-0.25, -0.2) is 4.79 Å². The maximum Gasteiger partial charge on any atom is 0.319 e. The van der Waals surface area contributed by atoms with E-state index >= 15 is 0 Å². The van der Waals surface area contributed by atoms with E-state index in [2.05, 4.69) is 16.0 Å². The summed E-state index contributed by atoms with van der Waals surface area (Å²) in [6.45, 7) is 2.57. The number of rotatable bonds is 6. The lowest BCUT2D eigenvalue weighted by atomic mass is 10.3. The van der Waals surface area contributed by atoms with Crippen molar-refractivity contribution in [3.63, 3.8) is 0 Å². The van der Waals surface area contributed by atoms with Gasteiger partial charge in [-0.2, -0.15) is 0 Å². The van der Waals surface area contributed by atoms with Gasteiger partial charge in [0.1, 0.15) is 0 Å². The molecule has 104 valence electrons. The summed E-state index contributed by atoms with van der Waals surface area (Å²) in [7, 11) is 0. The highest BCUT2D eigenvalue weighted by Crippen LogP contribution is 2.18. The highest BCUT2D eigenvalue weighted by atomic mass is 32.2. The minimum Gasteiger partial charge on any atom is -0.355 e. The Balaban J connectivity index is 2.36. The molecule has 0 spiro atoms. The minimum absolute atomic E-state index is 0.0198. The minimum atomic E-state index is -0.384. The van der Waals surface area contributed by atoms with E-state index < -0.39 is 0 Å². The standard InChI is InChI=1S/C13H19N3O2S/c1-3-7-14-12(17)9-15-13(18)16-10-5-4-6-11(8-10)19-2/h4-6,8H,3,7,9H2,1-2H3,(H,14,17)(H2,15,16,18). The fourth-order valence-electron chi connectivity index (χ4n) is 1.36. The first kappa shape index (κ1) is 15.4. The Bertz CT molecular complexity index is 438. The SMILES string of the molecule is CCCNC(=O)CNC(=O)Nc1cccc(SC)c1. The normalized spacial score (nSPS) is 9.79. The van der Waals surface area contributed by atoms with Gasteiger partial charge in [0.05, 0.1) is 6.54 Å². The van der Waals surface area contributed by atoms with Gasteiger partial charge in [-0.3, -0.25) is 4.79 Å². The van der Waals surface area contributed by atoms with Crippen molar-refractivity contribution in [2.75, 3.05) is 24.7 Å². The van der Waals surface area contributed by atoms with E-state index in [1.54, 1.807) is 17.8 Å². The van der Waals surface area contributed by atoms with E-state index in [0.717, 1.165) is 11.3 Å². The molecular formula is C13H19N3O2S. The van der Waals surface area contributed by atoms with E-state index in [0.29, 0.717) is 12.2 Å². The summed E-state index contributed by atoms with van der Waals surface area (Å²) in [6, 6.07) is 7.13. The quantitative estimate of drug-likeness (QED) is 0.699. The van der Waals surface area contributed by atoms with Crippen LogP contribution >= 0.6 is 11.8 Å². The van der Waals surface area contributed by atoms with Crippen LogP contribution in [0.5, 0.6) is 0 Å². The maximum absolute atomic E-state index is 11.6. The molecule has 0 aromatic heterocycles. The molecule has 5 nitrogen and oxygen atoms in total. The van der Waals surface area contributed by atoms with Crippen molar-refractivity contribution < 1.29 is 9.59 Å². The predicted molar refractivity (Wildman–Crippen MR) is 78.5 cm³/mol. The van der Waals surface area contributed by atoms with Crippen LogP contribution in [0.2, 0.25) is 0 Å². The van der Waals surface area contributed by atoms with Crippen molar-refractivity contribution in [1.82, 2.24) is 10.6 Å². The number of benzene rings is 1. The average Bonchev–Trinajstić information content (AvgIpc) is 2.43. The van der Waals surface area contributed by atoms with E-state index in [4.69, 9.17) is 0 Å². The van der Waals surface area contributed by atoms with Gasteiger partial charge in [-0.1, -0.05) is 13.0 Å². The molecule has 0 aliphatic carbocycles. The van der Waals surface area contributed by atoms with Crippen molar-refractivity contribution in [3.8, 4) is 0 Å². The molecule has 1 aromatic carbocycles. The van der Waals surface area contributed by atoms with Gasteiger partial charge < -0.3 is 16.0 Å². The Morgan fingerprint density at radius 1 is 1.26 bits per heavy atom. The molecule has 0 bridgehead atoms. The van der Waals surface area contributed by atoms with Crippen LogP contribution in [0.15, 0.2) is 29.2 Å². The van der Waals surface area contributed by atoms with Gasteiger partial charge in [0.25, 0.3) is 0 Å². The van der Waals surface area contributed by atoms with E-state index in [-0.39, 0.29) is 18.5 Å². The molecule has 0 unspecified atom stereocenters. The summed E-state index contributed by atoms with van der Waals surface area (Å²) in [5.41, 5.74) is 0.707. The topological polar surface area (TPSA) is 70.2 Å². The first-order valence-corrected chi connectivity index (χ1v) is 7.33. The maximum atomic E-state index is 11.6. The van der Waals surface area contributed by atoms with Gasteiger partial charge in [-0.05, 0) is 30.9 Å². The van der Waals surface area contributed by atoms with Gasteiger partial charge in [0.15, 0.2) is 0 Å². The second kappa shape index (κ2) is 8.42. The van der Waals surface area contributed by atoms with Gasteiger partial charge >= 0.3 is 6.03 Å². The zero-order valence-electron chi connectivity index (χ0n) is 11.2. The third-order valence-corrected chi connectivity index (χ3v) is 3.03. The molecule has 3 amide bonds. The number of nitrogens with one attached hydrogen (secondary N) is 3. The molecule has 0 heterocycles. The fourth-order valence-corrected chi connectivity index (χ4v) is 1.82. The molecule has 0 saturated heterocycles. The van der Waals surface area contributed by atoms with Crippen LogP contribution in [0.25, 0.3) is 0 Å². The molecule has 0 fully saturated rings. The lowest BCUT2D eigenvalue weighted by molar-refractivity contribution is -0.120. The molecule has 19 heavy (non-hydrogen) atoms. The Kier molecular flexibility index (Phi) is 6.81. The summed E-state index contributed by atoms with van der Waals surface area (Å²) in [4.78, 5) is 24.0. The lowest BCUT2D eigenvalue weighted by Gasteiger charge is -2.08. The zero-order valence-corrected chi connectivity index (χ0v) is 12.0. The van der Waals surface area contributed by atoms with Crippen molar-refractivity contribution in [1.29, 1.82) is 0 Å². The molecule has 0 saturated carbocycles. The number of carbonyl (C=O) groups excluding carboxylic acids is 2. The molecule has 1 rings (SSSR count). The molecule has 1 aromatic rings. The van der Waals surface area contributed by atoms with Crippen LogP contribution in [0.4, 0.5) is 10.5 Å².